The van der Waals surface area contributed by atoms with Crippen molar-refractivity contribution in [1.82, 2.24) is 0 Å². The fourth-order valence-corrected chi connectivity index (χ4v) is 3.51. The Hall–Kier alpha value is -2.66. The monoisotopic (exact) mass is 351 g/mol. The van der Waals surface area contributed by atoms with Gasteiger partial charge in [-0.05, 0) is 29.7 Å². The lowest BCUT2D eigenvalue weighted by molar-refractivity contribution is -0.113. The van der Waals surface area contributed by atoms with Crippen molar-refractivity contribution in [3.8, 4) is 11.5 Å². The number of anilines is 1. The van der Waals surface area contributed by atoms with Crippen molar-refractivity contribution in [2.45, 2.75) is 4.90 Å². The van der Waals surface area contributed by atoms with Crippen molar-refractivity contribution < 1.29 is 14.3 Å². The third-order valence-corrected chi connectivity index (χ3v) is 4.94. The summed E-state index contributed by atoms with van der Waals surface area (Å²) in [5, 5.41) is 5.16. The highest BCUT2D eigenvalue weighted by atomic mass is 32.2. The van der Waals surface area contributed by atoms with E-state index in [9.17, 15) is 4.79 Å². The third-order valence-electron chi connectivity index (χ3n) is 3.95. The van der Waals surface area contributed by atoms with Gasteiger partial charge in [-0.15, -0.1) is 11.8 Å². The number of carbonyl (C=O) groups excluding carboxylic acids is 1. The van der Waals surface area contributed by atoms with Crippen LogP contribution < -0.4 is 14.8 Å². The number of carbonyl (C=O) groups is 1. The number of nitrogens with one attached hydrogen (secondary N) is 1. The number of rotatable bonds is 4. The fourth-order valence-electron chi connectivity index (χ4n) is 2.78. The van der Waals surface area contributed by atoms with Gasteiger partial charge in [-0.3, -0.25) is 4.79 Å². The van der Waals surface area contributed by atoms with Crippen molar-refractivity contribution in [2.75, 3.05) is 24.3 Å². The minimum Gasteiger partial charge on any atom is -0.486 e. The second kappa shape index (κ2) is 7.07. The van der Waals surface area contributed by atoms with E-state index in [4.69, 9.17) is 9.47 Å². The molecule has 0 saturated carbocycles. The molecule has 4 nitrogen and oxygen atoms in total. The number of amides is 1. The predicted molar refractivity (Wildman–Crippen MR) is 101 cm³/mol. The lowest BCUT2D eigenvalue weighted by Crippen LogP contribution is -2.15. The van der Waals surface area contributed by atoms with Crippen LogP contribution in [0.1, 0.15) is 0 Å². The number of hydrogen-bond donors (Lipinski definition) is 1. The maximum atomic E-state index is 12.3. The maximum Gasteiger partial charge on any atom is 0.234 e. The van der Waals surface area contributed by atoms with Crippen LogP contribution in [0.3, 0.4) is 0 Å². The zero-order valence-corrected chi connectivity index (χ0v) is 14.3. The summed E-state index contributed by atoms with van der Waals surface area (Å²) < 4.78 is 11.1. The van der Waals surface area contributed by atoms with Crippen LogP contribution in [0.15, 0.2) is 65.6 Å². The van der Waals surface area contributed by atoms with Gasteiger partial charge in [-0.1, -0.05) is 36.4 Å². The average Bonchev–Trinajstić information content (AvgIpc) is 2.66. The standard InChI is InChI=1S/C20H17NO3S/c22-20(21-17-7-3-5-14-4-1-2-6-16(14)17)13-25-15-8-9-18-19(12-15)24-11-10-23-18/h1-9,12H,10-11,13H2,(H,21,22). The van der Waals surface area contributed by atoms with Gasteiger partial charge < -0.3 is 14.8 Å². The van der Waals surface area contributed by atoms with E-state index >= 15 is 0 Å². The molecule has 4 rings (SSSR count). The first kappa shape index (κ1) is 15.8. The highest BCUT2D eigenvalue weighted by Gasteiger charge is 2.13. The van der Waals surface area contributed by atoms with E-state index in [1.807, 2.05) is 60.7 Å². The van der Waals surface area contributed by atoms with Crippen LogP contribution in [0, 0.1) is 0 Å². The van der Waals surface area contributed by atoms with Crippen LogP contribution >= 0.6 is 11.8 Å². The molecule has 0 saturated heterocycles. The molecule has 0 bridgehead atoms. The zero-order chi connectivity index (χ0) is 17.1. The van der Waals surface area contributed by atoms with Gasteiger partial charge in [-0.25, -0.2) is 0 Å². The van der Waals surface area contributed by atoms with E-state index in [-0.39, 0.29) is 5.91 Å². The van der Waals surface area contributed by atoms with Crippen molar-refractivity contribution in [2.24, 2.45) is 0 Å². The average molecular weight is 351 g/mol. The highest BCUT2D eigenvalue weighted by molar-refractivity contribution is 8.00. The first-order valence-electron chi connectivity index (χ1n) is 8.10. The van der Waals surface area contributed by atoms with Gasteiger partial charge in [0.1, 0.15) is 13.2 Å². The SMILES string of the molecule is O=C(CSc1ccc2c(c1)OCCO2)Nc1cccc2ccccc12. The van der Waals surface area contributed by atoms with Crippen LogP contribution in [-0.2, 0) is 4.79 Å². The van der Waals surface area contributed by atoms with E-state index in [2.05, 4.69) is 5.32 Å². The summed E-state index contributed by atoms with van der Waals surface area (Å²) in [7, 11) is 0. The maximum absolute atomic E-state index is 12.3. The van der Waals surface area contributed by atoms with E-state index in [0.717, 1.165) is 32.9 Å². The Morgan fingerprint density at radius 2 is 1.76 bits per heavy atom. The second-order valence-corrected chi connectivity index (χ2v) is 6.72. The number of ether oxygens (including phenoxy) is 2. The summed E-state index contributed by atoms with van der Waals surface area (Å²) >= 11 is 1.48. The molecular formula is C20H17NO3S. The van der Waals surface area contributed by atoms with Crippen LogP contribution in [-0.4, -0.2) is 24.9 Å². The van der Waals surface area contributed by atoms with Crippen molar-refractivity contribution >= 4 is 34.1 Å². The molecule has 1 heterocycles. The number of fused-ring (bicyclic) bond motifs is 2. The second-order valence-electron chi connectivity index (χ2n) is 5.67. The molecule has 0 radical (unpaired) electrons. The fraction of sp³-hybridized carbons (Fsp3) is 0.150. The highest BCUT2D eigenvalue weighted by Crippen LogP contribution is 2.34. The molecule has 0 atom stereocenters. The molecule has 126 valence electrons. The molecule has 1 aliphatic rings. The van der Waals surface area contributed by atoms with Gasteiger partial charge >= 0.3 is 0 Å². The molecule has 3 aromatic rings. The Kier molecular flexibility index (Phi) is 4.48. The molecule has 1 N–H and O–H groups in total. The molecule has 1 aliphatic heterocycles. The Bertz CT molecular complexity index is 920. The van der Waals surface area contributed by atoms with Crippen LogP contribution in [0.4, 0.5) is 5.69 Å². The molecule has 25 heavy (non-hydrogen) atoms. The largest absolute Gasteiger partial charge is 0.486 e. The molecule has 0 spiro atoms. The first-order chi connectivity index (χ1) is 12.3. The lowest BCUT2D eigenvalue weighted by Gasteiger charge is -2.18. The predicted octanol–water partition coefficient (Wildman–Crippen LogP) is 4.34. The Balaban J connectivity index is 1.42. The summed E-state index contributed by atoms with van der Waals surface area (Å²) in [6.07, 6.45) is 0. The Morgan fingerprint density at radius 3 is 2.68 bits per heavy atom. The van der Waals surface area contributed by atoms with Gasteiger partial charge in [0.15, 0.2) is 11.5 Å². The summed E-state index contributed by atoms with van der Waals surface area (Å²) in [4.78, 5) is 13.3. The van der Waals surface area contributed by atoms with Crippen LogP contribution in [0.25, 0.3) is 10.8 Å². The summed E-state index contributed by atoms with van der Waals surface area (Å²) in [5.41, 5.74) is 0.839. The summed E-state index contributed by atoms with van der Waals surface area (Å²) in [6.45, 7) is 1.13. The lowest BCUT2D eigenvalue weighted by atomic mass is 10.1. The minimum atomic E-state index is -0.0313. The third kappa shape index (κ3) is 3.56. The number of thioether (sulfide) groups is 1. The van der Waals surface area contributed by atoms with E-state index < -0.39 is 0 Å². The van der Waals surface area contributed by atoms with Crippen LogP contribution in [0.2, 0.25) is 0 Å². The zero-order valence-electron chi connectivity index (χ0n) is 13.5. The van der Waals surface area contributed by atoms with Crippen molar-refractivity contribution in [1.29, 1.82) is 0 Å². The van der Waals surface area contributed by atoms with E-state index in [1.165, 1.54) is 11.8 Å². The van der Waals surface area contributed by atoms with Gasteiger partial charge in [0.05, 0.1) is 5.75 Å². The molecule has 0 fully saturated rings. The van der Waals surface area contributed by atoms with E-state index in [1.54, 1.807) is 0 Å². The Morgan fingerprint density at radius 1 is 0.960 bits per heavy atom. The molecule has 1 amide bonds. The van der Waals surface area contributed by atoms with Gasteiger partial charge in [0, 0.05) is 16.0 Å². The Labute approximate surface area is 150 Å². The van der Waals surface area contributed by atoms with Gasteiger partial charge in [0.25, 0.3) is 0 Å². The molecule has 3 aromatic carbocycles. The molecule has 5 heteroatoms. The van der Waals surface area contributed by atoms with Gasteiger partial charge in [-0.2, -0.15) is 0 Å². The minimum absolute atomic E-state index is 0.0313. The van der Waals surface area contributed by atoms with Gasteiger partial charge in [0.2, 0.25) is 5.91 Å². The number of benzene rings is 3. The molecule has 0 unspecified atom stereocenters. The smallest absolute Gasteiger partial charge is 0.234 e. The topological polar surface area (TPSA) is 47.6 Å². The molecule has 0 aliphatic carbocycles. The summed E-state index contributed by atoms with van der Waals surface area (Å²) in [6, 6.07) is 19.7. The number of hydrogen-bond acceptors (Lipinski definition) is 4. The first-order valence-corrected chi connectivity index (χ1v) is 9.08. The quantitative estimate of drug-likeness (QED) is 0.710. The van der Waals surface area contributed by atoms with Crippen molar-refractivity contribution in [3.63, 3.8) is 0 Å². The normalized spacial score (nSPS) is 12.8. The molecule has 0 aromatic heterocycles. The van der Waals surface area contributed by atoms with Crippen LogP contribution in [0.5, 0.6) is 11.5 Å². The van der Waals surface area contributed by atoms with Crippen molar-refractivity contribution in [3.05, 3.63) is 60.7 Å². The van der Waals surface area contributed by atoms with E-state index in [0.29, 0.717) is 19.0 Å². The summed E-state index contributed by atoms with van der Waals surface area (Å²) in [5.74, 6) is 1.81. The molecular weight excluding hydrogens is 334 g/mol.